The number of carbonyl (C=O) groups is 1. The van der Waals surface area contributed by atoms with Crippen molar-refractivity contribution in [2.45, 2.75) is 20.0 Å². The van der Waals surface area contributed by atoms with Crippen LogP contribution in [0.25, 0.3) is 0 Å². The second-order valence-electron chi connectivity index (χ2n) is 4.60. The van der Waals surface area contributed by atoms with Gasteiger partial charge in [0.2, 0.25) is 5.88 Å². The van der Waals surface area contributed by atoms with Crippen LogP contribution in [-0.2, 0) is 0 Å². The molecule has 0 aliphatic carbocycles. The zero-order valence-corrected chi connectivity index (χ0v) is 13.1. The van der Waals surface area contributed by atoms with E-state index in [1.807, 2.05) is 13.8 Å². The zero-order chi connectivity index (χ0) is 15.4. The highest BCUT2D eigenvalue weighted by molar-refractivity contribution is 9.10. The lowest BCUT2D eigenvalue weighted by atomic mass is 10.2. The largest absolute Gasteiger partial charge is 0.473 e. The van der Waals surface area contributed by atoms with Gasteiger partial charge in [0.15, 0.2) is 0 Å². The summed E-state index contributed by atoms with van der Waals surface area (Å²) in [6, 6.07) is 7.50. The molecular weight excluding hydrogens is 339 g/mol. The molecule has 1 amide bonds. The third-order valence-electron chi connectivity index (χ3n) is 2.54. The van der Waals surface area contributed by atoms with E-state index in [-0.39, 0.29) is 11.7 Å². The highest BCUT2D eigenvalue weighted by atomic mass is 79.9. The number of benzene rings is 1. The van der Waals surface area contributed by atoms with E-state index < -0.39 is 11.7 Å². The molecule has 21 heavy (non-hydrogen) atoms. The van der Waals surface area contributed by atoms with Gasteiger partial charge in [-0.1, -0.05) is 15.9 Å². The molecule has 0 radical (unpaired) electrons. The van der Waals surface area contributed by atoms with E-state index in [0.717, 1.165) is 0 Å². The number of halogens is 2. The Morgan fingerprint density at radius 2 is 2.14 bits per heavy atom. The van der Waals surface area contributed by atoms with E-state index in [0.29, 0.717) is 16.0 Å². The van der Waals surface area contributed by atoms with Crippen LogP contribution in [0.1, 0.15) is 24.2 Å². The summed E-state index contributed by atoms with van der Waals surface area (Å²) in [6.07, 6.45) is 1.48. The van der Waals surface area contributed by atoms with Crippen molar-refractivity contribution in [3.8, 4) is 5.88 Å². The predicted octanol–water partition coefficient (Wildman–Crippen LogP) is 4.02. The lowest BCUT2D eigenvalue weighted by Crippen LogP contribution is -2.16. The first-order valence-electron chi connectivity index (χ1n) is 6.35. The predicted molar refractivity (Wildman–Crippen MR) is 82.1 cm³/mol. The molecule has 0 atom stereocenters. The minimum atomic E-state index is -0.592. The van der Waals surface area contributed by atoms with E-state index in [1.54, 1.807) is 18.3 Å². The summed E-state index contributed by atoms with van der Waals surface area (Å²) in [4.78, 5) is 16.2. The van der Waals surface area contributed by atoms with Crippen LogP contribution >= 0.6 is 15.9 Å². The van der Waals surface area contributed by atoms with Gasteiger partial charge in [0.25, 0.3) is 5.91 Å². The van der Waals surface area contributed by atoms with Gasteiger partial charge in [0.1, 0.15) is 11.5 Å². The summed E-state index contributed by atoms with van der Waals surface area (Å²) in [5.41, 5.74) is 0.347. The van der Waals surface area contributed by atoms with Crippen LogP contribution in [0.5, 0.6) is 5.88 Å². The molecule has 0 fully saturated rings. The summed E-state index contributed by atoms with van der Waals surface area (Å²) in [6.45, 7) is 3.71. The summed E-state index contributed by atoms with van der Waals surface area (Å²) in [5.74, 6) is -0.849. The Labute approximate surface area is 130 Å². The molecule has 4 nitrogen and oxygen atoms in total. The van der Waals surface area contributed by atoms with Crippen LogP contribution in [-0.4, -0.2) is 17.0 Å². The average molecular weight is 353 g/mol. The first kappa shape index (κ1) is 15.4. The van der Waals surface area contributed by atoms with Gasteiger partial charge in [-0.2, -0.15) is 0 Å². The van der Waals surface area contributed by atoms with Crippen molar-refractivity contribution in [3.05, 3.63) is 52.4 Å². The molecule has 0 aliphatic rings. The van der Waals surface area contributed by atoms with E-state index in [9.17, 15) is 9.18 Å². The maximum Gasteiger partial charge on any atom is 0.258 e. The molecular formula is C15H14BrFN2O2. The van der Waals surface area contributed by atoms with E-state index in [1.165, 1.54) is 18.2 Å². The zero-order valence-electron chi connectivity index (χ0n) is 11.6. The first-order chi connectivity index (χ1) is 9.97. The molecule has 0 saturated heterocycles. The van der Waals surface area contributed by atoms with Gasteiger partial charge in [0, 0.05) is 10.7 Å². The van der Waals surface area contributed by atoms with Crippen molar-refractivity contribution in [2.75, 3.05) is 5.32 Å². The molecule has 1 aromatic carbocycles. The molecule has 1 aromatic heterocycles. The number of amides is 1. The molecule has 110 valence electrons. The smallest absolute Gasteiger partial charge is 0.258 e. The fourth-order valence-corrected chi connectivity index (χ4v) is 2.03. The number of hydrogen-bond acceptors (Lipinski definition) is 3. The molecule has 0 saturated carbocycles. The number of pyridine rings is 1. The molecule has 0 spiro atoms. The lowest BCUT2D eigenvalue weighted by molar-refractivity contribution is 0.102. The Morgan fingerprint density at radius 1 is 1.38 bits per heavy atom. The minimum absolute atomic E-state index is 0.0521. The highest BCUT2D eigenvalue weighted by Crippen LogP contribution is 2.23. The third kappa shape index (κ3) is 4.01. The Kier molecular flexibility index (Phi) is 4.90. The van der Waals surface area contributed by atoms with Crippen LogP contribution in [0.3, 0.4) is 0 Å². The quantitative estimate of drug-likeness (QED) is 0.903. The molecule has 1 heterocycles. The maximum absolute atomic E-state index is 13.7. The van der Waals surface area contributed by atoms with E-state index >= 15 is 0 Å². The van der Waals surface area contributed by atoms with Gasteiger partial charge in [-0.25, -0.2) is 9.37 Å². The molecule has 2 rings (SSSR count). The fourth-order valence-electron chi connectivity index (χ4n) is 1.66. The second kappa shape index (κ2) is 6.67. The third-order valence-corrected chi connectivity index (χ3v) is 3.03. The number of nitrogens with one attached hydrogen (secondary N) is 1. The number of rotatable bonds is 4. The number of ether oxygens (including phenoxy) is 1. The van der Waals surface area contributed by atoms with E-state index in [4.69, 9.17) is 4.74 Å². The van der Waals surface area contributed by atoms with Gasteiger partial charge in [-0.3, -0.25) is 4.79 Å². The van der Waals surface area contributed by atoms with Gasteiger partial charge in [-0.15, -0.1) is 0 Å². The van der Waals surface area contributed by atoms with Crippen LogP contribution in [0, 0.1) is 5.82 Å². The molecule has 0 bridgehead atoms. The molecule has 0 aliphatic heterocycles. The Bertz CT molecular complexity index is 662. The van der Waals surface area contributed by atoms with Crippen LogP contribution < -0.4 is 10.1 Å². The Hall–Kier alpha value is -1.95. The van der Waals surface area contributed by atoms with Crippen molar-refractivity contribution in [3.63, 3.8) is 0 Å². The van der Waals surface area contributed by atoms with Crippen molar-refractivity contribution >= 4 is 27.5 Å². The van der Waals surface area contributed by atoms with Crippen molar-refractivity contribution < 1.29 is 13.9 Å². The SMILES string of the molecule is CC(C)Oc1ncccc1NC(=O)c1cc(Br)ccc1F. The maximum atomic E-state index is 13.7. The second-order valence-corrected chi connectivity index (χ2v) is 5.52. The van der Waals surface area contributed by atoms with Crippen LogP contribution in [0.15, 0.2) is 41.0 Å². The number of hydrogen-bond donors (Lipinski definition) is 1. The van der Waals surface area contributed by atoms with Crippen LogP contribution in [0.4, 0.5) is 10.1 Å². The van der Waals surface area contributed by atoms with Crippen molar-refractivity contribution in [1.29, 1.82) is 0 Å². The number of carbonyl (C=O) groups excluding carboxylic acids is 1. The van der Waals surface area contributed by atoms with Gasteiger partial charge < -0.3 is 10.1 Å². The van der Waals surface area contributed by atoms with Gasteiger partial charge in [0.05, 0.1) is 11.7 Å². The monoisotopic (exact) mass is 352 g/mol. The summed E-state index contributed by atoms with van der Waals surface area (Å²) >= 11 is 3.21. The summed E-state index contributed by atoms with van der Waals surface area (Å²) in [7, 11) is 0. The number of anilines is 1. The van der Waals surface area contributed by atoms with Gasteiger partial charge in [-0.05, 0) is 44.2 Å². The Balaban J connectivity index is 2.25. The summed E-state index contributed by atoms with van der Waals surface area (Å²) in [5, 5.41) is 2.61. The topological polar surface area (TPSA) is 51.2 Å². The van der Waals surface area contributed by atoms with Crippen molar-refractivity contribution in [1.82, 2.24) is 4.98 Å². The summed E-state index contributed by atoms with van der Waals surface area (Å²) < 4.78 is 19.8. The fraction of sp³-hybridized carbons (Fsp3) is 0.200. The average Bonchev–Trinajstić information content (AvgIpc) is 2.43. The molecule has 0 unspecified atom stereocenters. The minimum Gasteiger partial charge on any atom is -0.473 e. The normalized spacial score (nSPS) is 10.5. The number of aromatic nitrogens is 1. The first-order valence-corrected chi connectivity index (χ1v) is 7.14. The lowest BCUT2D eigenvalue weighted by Gasteiger charge is -2.13. The number of nitrogens with zero attached hydrogens (tertiary/aromatic N) is 1. The van der Waals surface area contributed by atoms with Gasteiger partial charge >= 0.3 is 0 Å². The standard InChI is InChI=1S/C15H14BrFN2O2/c1-9(2)21-15-13(4-3-7-18-15)19-14(20)11-8-10(16)5-6-12(11)17/h3-9H,1-2H3,(H,19,20). The molecule has 6 heteroatoms. The molecule has 2 aromatic rings. The highest BCUT2D eigenvalue weighted by Gasteiger charge is 2.15. The van der Waals surface area contributed by atoms with Crippen molar-refractivity contribution in [2.24, 2.45) is 0 Å². The van der Waals surface area contributed by atoms with E-state index in [2.05, 4.69) is 26.2 Å². The molecule has 1 N–H and O–H groups in total. The van der Waals surface area contributed by atoms with Crippen LogP contribution in [0.2, 0.25) is 0 Å². The Morgan fingerprint density at radius 3 is 2.86 bits per heavy atom.